The topological polar surface area (TPSA) is 118 Å². The molecule has 4 rings (SSSR count). The van der Waals surface area contributed by atoms with Crippen molar-refractivity contribution in [1.82, 2.24) is 20.1 Å². The Hall–Kier alpha value is -2.59. The van der Waals surface area contributed by atoms with Gasteiger partial charge in [0, 0.05) is 12.6 Å². The largest absolute Gasteiger partial charge is 0.376 e. The van der Waals surface area contributed by atoms with Gasteiger partial charge in [0.2, 0.25) is 5.91 Å². The van der Waals surface area contributed by atoms with Gasteiger partial charge in [-0.1, -0.05) is 23.9 Å². The second kappa shape index (κ2) is 8.83. The highest BCUT2D eigenvalue weighted by molar-refractivity contribution is 7.99. The highest BCUT2D eigenvalue weighted by atomic mass is 32.2. The molecule has 9 nitrogen and oxygen atoms in total. The summed E-state index contributed by atoms with van der Waals surface area (Å²) in [7, 11) is 0. The van der Waals surface area contributed by atoms with E-state index in [2.05, 4.69) is 20.8 Å². The highest BCUT2D eigenvalue weighted by Gasteiger charge is 2.25. The van der Waals surface area contributed by atoms with Crippen LogP contribution < -0.4 is 16.3 Å². The maximum atomic E-state index is 12.4. The van der Waals surface area contributed by atoms with E-state index in [1.807, 2.05) is 0 Å². The first-order valence-electron chi connectivity index (χ1n) is 9.69. The number of hydrogen-bond acceptors (Lipinski definition) is 6. The van der Waals surface area contributed by atoms with Gasteiger partial charge in [-0.2, -0.15) is 0 Å². The number of carbonyl (C=O) groups is 2. The van der Waals surface area contributed by atoms with E-state index in [0.717, 1.165) is 25.7 Å². The van der Waals surface area contributed by atoms with Crippen molar-refractivity contribution in [3.8, 4) is 0 Å². The zero-order valence-electron chi connectivity index (χ0n) is 15.8. The Balaban J connectivity index is 1.36. The summed E-state index contributed by atoms with van der Waals surface area (Å²) in [6, 6.07) is 7.16. The van der Waals surface area contributed by atoms with E-state index >= 15 is 0 Å². The highest BCUT2D eigenvalue weighted by Crippen LogP contribution is 2.22. The van der Waals surface area contributed by atoms with Gasteiger partial charge in [0.15, 0.2) is 5.16 Å². The number of thioether (sulfide) groups is 1. The molecule has 0 spiro atoms. The zero-order chi connectivity index (χ0) is 20.2. The fourth-order valence-corrected chi connectivity index (χ4v) is 3.92. The molecular formula is C19H23N5O4S. The maximum Gasteiger partial charge on any atom is 0.344 e. The predicted molar refractivity (Wildman–Crippen MR) is 108 cm³/mol. The van der Waals surface area contributed by atoms with Crippen LogP contribution in [0.4, 0.5) is 5.69 Å². The Morgan fingerprint density at radius 2 is 2.10 bits per heavy atom. The average molecular weight is 417 g/mol. The molecule has 1 saturated heterocycles. The number of nitrogens with zero attached hydrogens (tertiary/aromatic N) is 2. The standard InChI is InChI=1S/C19H23N5O4S/c25-16(21-15-6-2-1-5-14(15)17(26)20-12-7-8-12)11-29-19-23-22-18(27)24(19)10-13-4-3-9-28-13/h1-2,5-6,12-13H,3-4,7-11H2,(H,20,26)(H,21,25)(H,22,27)/t13-/m1/s1. The Labute approximate surface area is 171 Å². The van der Waals surface area contributed by atoms with Crippen molar-refractivity contribution in [1.29, 1.82) is 0 Å². The van der Waals surface area contributed by atoms with Crippen molar-refractivity contribution in [2.24, 2.45) is 0 Å². The van der Waals surface area contributed by atoms with Crippen molar-refractivity contribution in [3.63, 3.8) is 0 Å². The SMILES string of the molecule is O=C(CSc1n[nH]c(=O)n1C[C@H]1CCCO1)Nc1ccccc1C(=O)NC1CC1. The summed E-state index contributed by atoms with van der Waals surface area (Å²) in [5.41, 5.74) is 0.591. The molecule has 1 aliphatic carbocycles. The van der Waals surface area contributed by atoms with Crippen LogP contribution in [0.2, 0.25) is 0 Å². The number of benzene rings is 1. The van der Waals surface area contributed by atoms with Crippen LogP contribution in [0.25, 0.3) is 0 Å². The van der Waals surface area contributed by atoms with Crippen molar-refractivity contribution < 1.29 is 14.3 Å². The summed E-state index contributed by atoms with van der Waals surface area (Å²) in [5.74, 6) is -0.400. The number of carbonyl (C=O) groups excluding carboxylic acids is 2. The molecule has 2 heterocycles. The smallest absolute Gasteiger partial charge is 0.344 e. The van der Waals surface area contributed by atoms with E-state index in [9.17, 15) is 14.4 Å². The van der Waals surface area contributed by atoms with Gasteiger partial charge < -0.3 is 15.4 Å². The van der Waals surface area contributed by atoms with E-state index in [1.54, 1.807) is 24.3 Å². The number of nitrogens with one attached hydrogen (secondary N) is 3. The molecule has 3 N–H and O–H groups in total. The van der Waals surface area contributed by atoms with Gasteiger partial charge in [0.25, 0.3) is 5.91 Å². The van der Waals surface area contributed by atoms with Crippen LogP contribution >= 0.6 is 11.8 Å². The molecule has 0 radical (unpaired) electrons. The molecule has 0 bridgehead atoms. The van der Waals surface area contributed by atoms with E-state index in [-0.39, 0.29) is 35.4 Å². The minimum atomic E-state index is -0.314. The number of rotatable bonds is 8. The molecule has 0 unspecified atom stereocenters. The van der Waals surface area contributed by atoms with Crippen molar-refractivity contribution >= 4 is 29.3 Å². The first-order valence-corrected chi connectivity index (χ1v) is 10.7. The third-order valence-corrected chi connectivity index (χ3v) is 5.80. The fraction of sp³-hybridized carbons (Fsp3) is 0.474. The molecule has 154 valence electrons. The van der Waals surface area contributed by atoms with Gasteiger partial charge in [-0.15, -0.1) is 5.10 Å². The lowest BCUT2D eigenvalue weighted by Crippen LogP contribution is -2.27. The minimum Gasteiger partial charge on any atom is -0.376 e. The first kappa shape index (κ1) is 19.7. The molecule has 10 heteroatoms. The van der Waals surface area contributed by atoms with Gasteiger partial charge >= 0.3 is 5.69 Å². The molecule has 2 fully saturated rings. The second-order valence-corrected chi connectivity index (χ2v) is 8.13. The van der Waals surface area contributed by atoms with Gasteiger partial charge in [0.1, 0.15) is 0 Å². The van der Waals surface area contributed by atoms with Gasteiger partial charge in [-0.25, -0.2) is 9.89 Å². The second-order valence-electron chi connectivity index (χ2n) is 7.19. The fourth-order valence-electron chi connectivity index (χ4n) is 3.16. The van der Waals surface area contributed by atoms with Crippen LogP contribution in [0.3, 0.4) is 0 Å². The van der Waals surface area contributed by atoms with E-state index in [1.165, 1.54) is 16.3 Å². The lowest BCUT2D eigenvalue weighted by atomic mass is 10.1. The third kappa shape index (κ3) is 5.07. The van der Waals surface area contributed by atoms with Crippen LogP contribution in [0.1, 0.15) is 36.0 Å². The quantitative estimate of drug-likeness (QED) is 0.559. The summed E-state index contributed by atoms with van der Waals surface area (Å²) < 4.78 is 7.09. The molecule has 1 saturated carbocycles. The first-order chi connectivity index (χ1) is 14.1. The molecule has 1 atom stereocenters. The van der Waals surface area contributed by atoms with Gasteiger partial charge in [-0.3, -0.25) is 14.2 Å². The van der Waals surface area contributed by atoms with Crippen molar-refractivity contribution in [2.45, 2.75) is 49.5 Å². The minimum absolute atomic E-state index is 0.00432. The molecule has 29 heavy (non-hydrogen) atoms. The Kier molecular flexibility index (Phi) is 6.00. The number of hydrogen-bond donors (Lipinski definition) is 3. The summed E-state index contributed by atoms with van der Waals surface area (Å²) in [6.07, 6.45) is 3.87. The number of H-pyrrole nitrogens is 1. The van der Waals surface area contributed by atoms with Crippen LogP contribution in [-0.2, 0) is 16.1 Å². The predicted octanol–water partition coefficient (Wildman–Crippen LogP) is 1.37. The summed E-state index contributed by atoms with van der Waals surface area (Å²) in [4.78, 5) is 36.8. The Morgan fingerprint density at radius 1 is 1.28 bits per heavy atom. The van der Waals surface area contributed by atoms with Crippen molar-refractivity contribution in [2.75, 3.05) is 17.7 Å². The zero-order valence-corrected chi connectivity index (χ0v) is 16.7. The van der Waals surface area contributed by atoms with E-state index in [4.69, 9.17) is 4.74 Å². The lowest BCUT2D eigenvalue weighted by molar-refractivity contribution is -0.113. The molecule has 1 aromatic heterocycles. The van der Waals surface area contributed by atoms with Crippen LogP contribution in [0.15, 0.2) is 34.2 Å². The lowest BCUT2D eigenvalue weighted by Gasteiger charge is -2.12. The summed E-state index contributed by atoms with van der Waals surface area (Å²) in [6.45, 7) is 1.12. The van der Waals surface area contributed by atoms with E-state index in [0.29, 0.717) is 29.6 Å². The molecular weight excluding hydrogens is 394 g/mol. The number of amides is 2. The third-order valence-electron chi connectivity index (χ3n) is 4.82. The van der Waals surface area contributed by atoms with Crippen LogP contribution in [-0.4, -0.2) is 51.1 Å². The van der Waals surface area contributed by atoms with Gasteiger partial charge in [-0.05, 0) is 37.8 Å². The molecule has 2 aromatic rings. The number of aromatic amines is 1. The Bertz CT molecular complexity index is 946. The normalized spacial score (nSPS) is 18.6. The summed E-state index contributed by atoms with van der Waals surface area (Å²) in [5, 5.41) is 12.6. The number of ether oxygens (including phenoxy) is 1. The van der Waals surface area contributed by atoms with Crippen molar-refractivity contribution in [3.05, 3.63) is 40.3 Å². The van der Waals surface area contributed by atoms with Crippen LogP contribution in [0.5, 0.6) is 0 Å². The maximum absolute atomic E-state index is 12.4. The number of para-hydroxylation sites is 1. The van der Waals surface area contributed by atoms with Gasteiger partial charge in [0.05, 0.1) is 29.7 Å². The average Bonchev–Trinajstić information content (AvgIpc) is 3.24. The Morgan fingerprint density at radius 3 is 2.86 bits per heavy atom. The van der Waals surface area contributed by atoms with E-state index < -0.39 is 0 Å². The molecule has 2 amide bonds. The molecule has 2 aliphatic rings. The molecule has 1 aliphatic heterocycles. The monoisotopic (exact) mass is 417 g/mol. The number of anilines is 1. The summed E-state index contributed by atoms with van der Waals surface area (Å²) >= 11 is 1.17. The van der Waals surface area contributed by atoms with Crippen LogP contribution in [0, 0.1) is 0 Å². The number of aromatic nitrogens is 3. The molecule has 1 aromatic carbocycles.